The van der Waals surface area contributed by atoms with Crippen LogP contribution in [0.5, 0.6) is 0 Å². The molecular formula is C24H25N5OS. The van der Waals surface area contributed by atoms with Crippen LogP contribution in [-0.4, -0.2) is 42.0 Å². The Morgan fingerprint density at radius 2 is 2.00 bits per heavy atom. The van der Waals surface area contributed by atoms with Crippen LogP contribution in [0.25, 0.3) is 10.2 Å². The van der Waals surface area contributed by atoms with Crippen LogP contribution in [0, 0.1) is 11.3 Å². The number of fused-ring (bicyclic) bond motifs is 1. The van der Waals surface area contributed by atoms with Gasteiger partial charge in [-0.05, 0) is 48.6 Å². The molecule has 3 aromatic rings. The zero-order valence-electron chi connectivity index (χ0n) is 17.6. The van der Waals surface area contributed by atoms with Gasteiger partial charge >= 0.3 is 0 Å². The van der Waals surface area contributed by atoms with Crippen LogP contribution in [0.3, 0.4) is 0 Å². The molecule has 0 atom stereocenters. The van der Waals surface area contributed by atoms with Gasteiger partial charge < -0.3 is 10.2 Å². The number of rotatable bonds is 5. The molecule has 31 heavy (non-hydrogen) atoms. The van der Waals surface area contributed by atoms with Gasteiger partial charge in [0, 0.05) is 38.8 Å². The molecule has 158 valence electrons. The quantitative estimate of drug-likeness (QED) is 0.651. The molecule has 1 aromatic heterocycles. The van der Waals surface area contributed by atoms with Crippen molar-refractivity contribution in [1.82, 2.24) is 9.88 Å². The predicted molar refractivity (Wildman–Crippen MR) is 125 cm³/mol. The van der Waals surface area contributed by atoms with Gasteiger partial charge in [0.1, 0.15) is 11.1 Å². The lowest BCUT2D eigenvalue weighted by Gasteiger charge is -2.36. The van der Waals surface area contributed by atoms with Crippen molar-refractivity contribution < 1.29 is 4.79 Å². The molecule has 0 radical (unpaired) electrons. The number of nitriles is 1. The Morgan fingerprint density at radius 1 is 1.23 bits per heavy atom. The summed E-state index contributed by atoms with van der Waals surface area (Å²) >= 11 is 1.77. The lowest BCUT2D eigenvalue weighted by Crippen LogP contribution is -2.46. The third kappa shape index (κ3) is 4.27. The van der Waals surface area contributed by atoms with Crippen LogP contribution in [-0.2, 0) is 11.3 Å². The highest BCUT2D eigenvalue weighted by molar-refractivity contribution is 7.18. The number of carbonyl (C=O) groups excluding carboxylic acids is 1. The van der Waals surface area contributed by atoms with Gasteiger partial charge in [-0.1, -0.05) is 12.1 Å². The van der Waals surface area contributed by atoms with E-state index in [1.54, 1.807) is 11.3 Å². The third-order valence-corrected chi connectivity index (χ3v) is 7.05. The first-order valence-corrected chi connectivity index (χ1v) is 11.6. The Balaban J connectivity index is 1.31. The topological polar surface area (TPSA) is 72.3 Å². The van der Waals surface area contributed by atoms with Crippen LogP contribution in [0.15, 0.2) is 36.4 Å². The van der Waals surface area contributed by atoms with Gasteiger partial charge in [-0.25, -0.2) is 4.98 Å². The summed E-state index contributed by atoms with van der Waals surface area (Å²) in [6.07, 6.45) is 2.29. The molecule has 5 rings (SSSR count). The second-order valence-corrected chi connectivity index (χ2v) is 9.48. The minimum Gasteiger partial charge on any atom is -0.368 e. The number of aromatic nitrogens is 1. The van der Waals surface area contributed by atoms with Gasteiger partial charge in [0.15, 0.2) is 0 Å². The largest absolute Gasteiger partial charge is 0.368 e. The Labute approximate surface area is 186 Å². The maximum Gasteiger partial charge on any atom is 0.221 e. The van der Waals surface area contributed by atoms with Gasteiger partial charge in [-0.15, -0.1) is 11.3 Å². The fourth-order valence-corrected chi connectivity index (χ4v) is 5.32. The molecule has 0 bridgehead atoms. The maximum atomic E-state index is 11.6. The van der Waals surface area contributed by atoms with E-state index in [-0.39, 0.29) is 5.91 Å². The van der Waals surface area contributed by atoms with E-state index in [0.29, 0.717) is 11.5 Å². The van der Waals surface area contributed by atoms with Gasteiger partial charge in [0.05, 0.1) is 28.0 Å². The molecule has 1 N–H and O–H groups in total. The number of benzene rings is 2. The van der Waals surface area contributed by atoms with Crippen molar-refractivity contribution in [3.05, 3.63) is 52.5 Å². The molecule has 7 heteroatoms. The predicted octanol–water partition coefficient (Wildman–Crippen LogP) is 4.33. The van der Waals surface area contributed by atoms with E-state index in [0.717, 1.165) is 67.5 Å². The number of nitrogens with zero attached hydrogens (tertiary/aromatic N) is 4. The van der Waals surface area contributed by atoms with Crippen molar-refractivity contribution in [2.75, 3.05) is 36.4 Å². The molecule has 1 aliphatic heterocycles. The van der Waals surface area contributed by atoms with Crippen molar-refractivity contribution in [2.45, 2.75) is 32.2 Å². The van der Waals surface area contributed by atoms with E-state index in [1.807, 2.05) is 12.1 Å². The van der Waals surface area contributed by atoms with Crippen molar-refractivity contribution in [1.29, 1.82) is 5.26 Å². The van der Waals surface area contributed by atoms with Crippen LogP contribution < -0.4 is 10.2 Å². The monoisotopic (exact) mass is 431 g/mol. The second-order valence-electron chi connectivity index (χ2n) is 8.36. The Kier molecular flexibility index (Phi) is 5.34. The van der Waals surface area contributed by atoms with E-state index in [9.17, 15) is 10.1 Å². The summed E-state index contributed by atoms with van der Waals surface area (Å²) in [5.41, 5.74) is 4.67. The number of piperazine rings is 1. The molecule has 1 saturated carbocycles. The Bertz CT molecular complexity index is 1140. The number of nitrogens with one attached hydrogen (secondary N) is 1. The maximum absolute atomic E-state index is 11.6. The number of amides is 1. The molecular weight excluding hydrogens is 406 g/mol. The summed E-state index contributed by atoms with van der Waals surface area (Å²) in [5, 5.41) is 13.8. The summed E-state index contributed by atoms with van der Waals surface area (Å²) in [5.74, 6) is 0.399. The van der Waals surface area contributed by atoms with E-state index >= 15 is 0 Å². The first kappa shape index (κ1) is 20.0. The summed E-state index contributed by atoms with van der Waals surface area (Å²) in [6.45, 7) is 6.01. The lowest BCUT2D eigenvalue weighted by atomic mass is 10.0. The molecule has 0 unspecified atom stereocenters. The first-order valence-electron chi connectivity index (χ1n) is 10.8. The van der Waals surface area contributed by atoms with E-state index in [1.165, 1.54) is 17.2 Å². The van der Waals surface area contributed by atoms with Gasteiger partial charge in [-0.3, -0.25) is 9.69 Å². The molecule has 0 spiro atoms. The standard InChI is InChI=1S/C24H25N5OS/c1-16(30)26-21-12-18(14-25)22(13-19(21)17-6-7-17)29-10-8-28(9-11-29)15-24-27-20-4-2-3-5-23(20)31-24/h2-5,12-13,17H,6-11,15H2,1H3,(H,26,30). The molecule has 1 saturated heterocycles. The van der Waals surface area contributed by atoms with E-state index in [2.05, 4.69) is 45.5 Å². The number of para-hydroxylation sites is 1. The summed E-state index contributed by atoms with van der Waals surface area (Å²) in [6, 6.07) is 14.6. The zero-order valence-corrected chi connectivity index (χ0v) is 18.4. The van der Waals surface area contributed by atoms with Gasteiger partial charge in [-0.2, -0.15) is 5.26 Å². The van der Waals surface area contributed by atoms with Gasteiger partial charge in [0.2, 0.25) is 5.91 Å². The fraction of sp³-hybridized carbons (Fsp3) is 0.375. The number of carbonyl (C=O) groups is 1. The van der Waals surface area contributed by atoms with Crippen LogP contribution in [0.2, 0.25) is 0 Å². The SMILES string of the molecule is CC(=O)Nc1cc(C#N)c(N2CCN(Cc3nc4ccccc4s3)CC2)cc1C1CC1. The molecule has 2 fully saturated rings. The number of hydrogen-bond acceptors (Lipinski definition) is 6. The minimum atomic E-state index is -0.0954. The van der Waals surface area contributed by atoms with Crippen LogP contribution >= 0.6 is 11.3 Å². The second kappa shape index (κ2) is 8.29. The minimum absolute atomic E-state index is 0.0954. The zero-order chi connectivity index (χ0) is 21.4. The lowest BCUT2D eigenvalue weighted by molar-refractivity contribution is -0.114. The third-order valence-electron chi connectivity index (χ3n) is 6.03. The molecule has 1 aliphatic carbocycles. The normalized spacial score (nSPS) is 17.0. The number of anilines is 2. The molecule has 2 aliphatic rings. The smallest absolute Gasteiger partial charge is 0.221 e. The molecule has 2 aromatic carbocycles. The van der Waals surface area contributed by atoms with Crippen LogP contribution in [0.4, 0.5) is 11.4 Å². The first-order chi connectivity index (χ1) is 15.1. The van der Waals surface area contributed by atoms with E-state index < -0.39 is 0 Å². The van der Waals surface area contributed by atoms with Crippen molar-refractivity contribution in [3.8, 4) is 6.07 Å². The molecule has 6 nitrogen and oxygen atoms in total. The highest BCUT2D eigenvalue weighted by atomic mass is 32.1. The average Bonchev–Trinajstić information content (AvgIpc) is 3.53. The average molecular weight is 432 g/mol. The number of hydrogen-bond donors (Lipinski definition) is 1. The summed E-state index contributed by atoms with van der Waals surface area (Å²) in [7, 11) is 0. The van der Waals surface area contributed by atoms with Crippen molar-refractivity contribution >= 4 is 38.8 Å². The molecule has 1 amide bonds. The van der Waals surface area contributed by atoms with Crippen molar-refractivity contribution in [3.63, 3.8) is 0 Å². The molecule has 2 heterocycles. The highest BCUT2D eigenvalue weighted by Crippen LogP contribution is 2.45. The Hall–Kier alpha value is -2.95. The van der Waals surface area contributed by atoms with Crippen LogP contribution in [0.1, 0.15) is 41.8 Å². The Morgan fingerprint density at radius 3 is 2.68 bits per heavy atom. The fourth-order valence-electron chi connectivity index (χ4n) is 4.31. The van der Waals surface area contributed by atoms with Gasteiger partial charge in [0.25, 0.3) is 0 Å². The summed E-state index contributed by atoms with van der Waals surface area (Å²) in [4.78, 5) is 21.1. The van der Waals surface area contributed by atoms with E-state index in [4.69, 9.17) is 4.98 Å². The number of thiazole rings is 1. The van der Waals surface area contributed by atoms with Crippen molar-refractivity contribution in [2.24, 2.45) is 0 Å². The summed E-state index contributed by atoms with van der Waals surface area (Å²) < 4.78 is 1.24. The highest BCUT2D eigenvalue weighted by Gasteiger charge is 2.29.